The predicted molar refractivity (Wildman–Crippen MR) is 96.0 cm³/mol. The summed E-state index contributed by atoms with van der Waals surface area (Å²) in [5.41, 5.74) is 1.24. The Morgan fingerprint density at radius 3 is 2.92 bits per heavy atom. The molecule has 0 radical (unpaired) electrons. The molecule has 2 heterocycles. The van der Waals surface area contributed by atoms with Gasteiger partial charge < -0.3 is 15.0 Å². The molecule has 24 heavy (non-hydrogen) atoms. The Bertz CT molecular complexity index is 556. The van der Waals surface area contributed by atoms with E-state index >= 15 is 0 Å². The Kier molecular flexibility index (Phi) is 7.24. The second kappa shape index (κ2) is 9.18. The number of nitrogens with one attached hydrogen (secondary N) is 1. The van der Waals surface area contributed by atoms with Crippen LogP contribution in [0.1, 0.15) is 50.5 Å². The van der Waals surface area contributed by atoms with Gasteiger partial charge in [-0.25, -0.2) is 0 Å². The first-order valence-electron chi connectivity index (χ1n) is 8.76. The van der Waals surface area contributed by atoms with E-state index in [9.17, 15) is 9.59 Å². The zero-order valence-corrected chi connectivity index (χ0v) is 15.7. The van der Waals surface area contributed by atoms with E-state index in [2.05, 4.69) is 16.8 Å². The molecule has 1 aromatic heterocycles. The van der Waals surface area contributed by atoms with Crippen molar-refractivity contribution in [3.05, 3.63) is 21.9 Å². The van der Waals surface area contributed by atoms with Gasteiger partial charge >= 0.3 is 0 Å². The summed E-state index contributed by atoms with van der Waals surface area (Å²) in [5.74, 6) is -0.0810. The van der Waals surface area contributed by atoms with Gasteiger partial charge in [-0.1, -0.05) is 13.3 Å². The monoisotopic (exact) mass is 352 g/mol. The number of hydrogen-bond acceptors (Lipinski definition) is 4. The van der Waals surface area contributed by atoms with E-state index < -0.39 is 6.04 Å². The molecule has 1 unspecified atom stereocenters. The van der Waals surface area contributed by atoms with Crippen molar-refractivity contribution in [3.8, 4) is 0 Å². The maximum Gasteiger partial charge on any atom is 0.245 e. The molecule has 134 valence electrons. The minimum atomic E-state index is -0.429. The van der Waals surface area contributed by atoms with Crippen molar-refractivity contribution in [3.63, 3.8) is 0 Å². The van der Waals surface area contributed by atoms with Gasteiger partial charge in [0.2, 0.25) is 11.8 Å². The fourth-order valence-electron chi connectivity index (χ4n) is 2.86. The van der Waals surface area contributed by atoms with Crippen LogP contribution in [-0.4, -0.2) is 42.0 Å². The molecule has 0 aliphatic carbocycles. The van der Waals surface area contributed by atoms with E-state index in [4.69, 9.17) is 4.74 Å². The molecule has 1 N–H and O–H groups in total. The third-order valence-corrected chi connectivity index (χ3v) is 5.13. The largest absolute Gasteiger partial charge is 0.378 e. The standard InChI is InChI=1S/C18H28N2O3S/c1-4-5-15(19-17(21)7-10-23-13(2)3)18(22)20-9-6-16-14(12-20)8-11-24-16/h8,11,13,15H,4-7,9-10,12H2,1-3H3,(H,19,21). The van der Waals surface area contributed by atoms with Gasteiger partial charge in [-0.05, 0) is 43.7 Å². The van der Waals surface area contributed by atoms with Crippen LogP contribution in [0.15, 0.2) is 11.4 Å². The number of thiophene rings is 1. The molecule has 2 amide bonds. The van der Waals surface area contributed by atoms with E-state index in [-0.39, 0.29) is 17.9 Å². The van der Waals surface area contributed by atoms with Crippen molar-refractivity contribution < 1.29 is 14.3 Å². The van der Waals surface area contributed by atoms with E-state index in [1.165, 1.54) is 10.4 Å². The maximum absolute atomic E-state index is 12.8. The highest BCUT2D eigenvalue weighted by Gasteiger charge is 2.28. The van der Waals surface area contributed by atoms with Crippen LogP contribution in [-0.2, 0) is 27.3 Å². The topological polar surface area (TPSA) is 58.6 Å². The van der Waals surface area contributed by atoms with Crippen molar-refractivity contribution in [1.29, 1.82) is 0 Å². The molecule has 6 heteroatoms. The van der Waals surface area contributed by atoms with Crippen LogP contribution in [0.3, 0.4) is 0 Å². The number of rotatable bonds is 8. The summed E-state index contributed by atoms with van der Waals surface area (Å²) in [6, 6.07) is 1.66. The summed E-state index contributed by atoms with van der Waals surface area (Å²) in [7, 11) is 0. The maximum atomic E-state index is 12.8. The third kappa shape index (κ3) is 5.31. The van der Waals surface area contributed by atoms with Crippen LogP contribution < -0.4 is 5.32 Å². The number of fused-ring (bicyclic) bond motifs is 1. The van der Waals surface area contributed by atoms with Gasteiger partial charge in [0.25, 0.3) is 0 Å². The average Bonchev–Trinajstić information content (AvgIpc) is 3.01. The fraction of sp³-hybridized carbons (Fsp3) is 0.667. The van der Waals surface area contributed by atoms with E-state index in [0.29, 0.717) is 26.0 Å². The smallest absolute Gasteiger partial charge is 0.245 e. The number of nitrogens with zero attached hydrogens (tertiary/aromatic N) is 1. The molecule has 0 bridgehead atoms. The Balaban J connectivity index is 1.89. The van der Waals surface area contributed by atoms with Gasteiger partial charge in [-0.2, -0.15) is 0 Å². The van der Waals surface area contributed by atoms with Crippen molar-refractivity contribution >= 4 is 23.2 Å². The van der Waals surface area contributed by atoms with Crippen LogP contribution in [0, 0.1) is 0 Å². The normalized spacial score (nSPS) is 15.2. The lowest BCUT2D eigenvalue weighted by Gasteiger charge is -2.31. The van der Waals surface area contributed by atoms with Crippen LogP contribution in [0.4, 0.5) is 0 Å². The molecular weight excluding hydrogens is 324 g/mol. The zero-order valence-electron chi connectivity index (χ0n) is 14.8. The summed E-state index contributed by atoms with van der Waals surface area (Å²) in [4.78, 5) is 28.2. The van der Waals surface area contributed by atoms with Crippen molar-refractivity contribution in [2.24, 2.45) is 0 Å². The zero-order chi connectivity index (χ0) is 17.5. The molecule has 0 fully saturated rings. The quantitative estimate of drug-likeness (QED) is 0.783. The third-order valence-electron chi connectivity index (χ3n) is 4.11. The highest BCUT2D eigenvalue weighted by molar-refractivity contribution is 7.10. The molecule has 5 nitrogen and oxygen atoms in total. The highest BCUT2D eigenvalue weighted by atomic mass is 32.1. The lowest BCUT2D eigenvalue weighted by atomic mass is 10.1. The minimum Gasteiger partial charge on any atom is -0.378 e. The molecule has 1 aliphatic heterocycles. The van der Waals surface area contributed by atoms with Crippen LogP contribution in [0.25, 0.3) is 0 Å². The van der Waals surface area contributed by atoms with Gasteiger partial charge in [-0.15, -0.1) is 11.3 Å². The van der Waals surface area contributed by atoms with E-state index in [1.807, 2.05) is 25.7 Å². The molecule has 1 aliphatic rings. The number of ether oxygens (including phenoxy) is 1. The summed E-state index contributed by atoms with van der Waals surface area (Å²) in [6.07, 6.45) is 2.84. The second-order valence-electron chi connectivity index (χ2n) is 6.46. The fourth-order valence-corrected chi connectivity index (χ4v) is 3.75. The molecule has 1 atom stereocenters. The number of carbonyl (C=O) groups is 2. The molecule has 0 saturated carbocycles. The molecular formula is C18H28N2O3S. The van der Waals surface area contributed by atoms with Gasteiger partial charge in [0.05, 0.1) is 12.7 Å². The van der Waals surface area contributed by atoms with Crippen molar-refractivity contribution in [2.45, 2.75) is 65.1 Å². The van der Waals surface area contributed by atoms with Gasteiger partial charge in [0.1, 0.15) is 6.04 Å². The molecule has 2 rings (SSSR count). The first-order chi connectivity index (χ1) is 11.5. The van der Waals surface area contributed by atoms with Gasteiger partial charge in [-0.3, -0.25) is 9.59 Å². The summed E-state index contributed by atoms with van der Waals surface area (Å²) in [6.45, 7) is 7.69. The average molecular weight is 353 g/mol. The summed E-state index contributed by atoms with van der Waals surface area (Å²) < 4.78 is 5.41. The van der Waals surface area contributed by atoms with Crippen LogP contribution in [0.5, 0.6) is 0 Å². The molecule has 0 saturated heterocycles. The lowest BCUT2D eigenvalue weighted by Crippen LogP contribution is -2.49. The van der Waals surface area contributed by atoms with Gasteiger partial charge in [0, 0.05) is 24.4 Å². The Hall–Kier alpha value is -1.40. The van der Waals surface area contributed by atoms with Crippen molar-refractivity contribution in [2.75, 3.05) is 13.2 Å². The summed E-state index contributed by atoms with van der Waals surface area (Å²) >= 11 is 1.76. The minimum absolute atomic E-state index is 0.0341. The predicted octanol–water partition coefficient (Wildman–Crippen LogP) is 2.73. The van der Waals surface area contributed by atoms with Crippen LogP contribution in [0.2, 0.25) is 0 Å². The lowest BCUT2D eigenvalue weighted by molar-refractivity contribution is -0.137. The number of hydrogen-bond donors (Lipinski definition) is 1. The molecule has 0 aromatic carbocycles. The molecule has 1 aromatic rings. The van der Waals surface area contributed by atoms with Crippen molar-refractivity contribution in [1.82, 2.24) is 10.2 Å². The summed E-state index contributed by atoms with van der Waals surface area (Å²) in [5, 5.41) is 4.98. The Morgan fingerprint density at radius 1 is 1.42 bits per heavy atom. The Morgan fingerprint density at radius 2 is 2.21 bits per heavy atom. The number of carbonyl (C=O) groups excluding carboxylic acids is 2. The number of amides is 2. The van der Waals surface area contributed by atoms with E-state index in [0.717, 1.165) is 19.4 Å². The van der Waals surface area contributed by atoms with Gasteiger partial charge in [0.15, 0.2) is 0 Å². The first-order valence-corrected chi connectivity index (χ1v) is 9.64. The van der Waals surface area contributed by atoms with Crippen LogP contribution >= 0.6 is 11.3 Å². The highest BCUT2D eigenvalue weighted by Crippen LogP contribution is 2.24. The second-order valence-corrected chi connectivity index (χ2v) is 7.46. The molecule has 0 spiro atoms. The Labute approximate surface area is 148 Å². The first kappa shape index (κ1) is 18.9. The van der Waals surface area contributed by atoms with E-state index in [1.54, 1.807) is 11.3 Å². The SMILES string of the molecule is CCCC(NC(=O)CCOC(C)C)C(=O)N1CCc2sccc2C1.